The maximum atomic E-state index is 9.21. The quantitative estimate of drug-likeness (QED) is 0.757. The monoisotopic (exact) mass is 352 g/mol. The summed E-state index contributed by atoms with van der Waals surface area (Å²) in [5.74, 6) is 1.75. The molecule has 25 heavy (non-hydrogen) atoms. The molecule has 3 aromatic rings. The van der Waals surface area contributed by atoms with Gasteiger partial charge in [-0.15, -0.1) is 10.2 Å². The summed E-state index contributed by atoms with van der Waals surface area (Å²) in [5.41, 5.74) is 7.98. The predicted octanol–water partition coefficient (Wildman–Crippen LogP) is 2.94. The Bertz CT molecular complexity index is 966. The Morgan fingerprint density at radius 3 is 2.88 bits per heavy atom. The summed E-state index contributed by atoms with van der Waals surface area (Å²) in [5, 5.41) is 23.4. The zero-order valence-electron chi connectivity index (χ0n) is 13.6. The molecule has 8 heteroatoms. The van der Waals surface area contributed by atoms with Gasteiger partial charge in [0.25, 0.3) is 0 Å². The minimum atomic E-state index is 0.344. The molecule has 2 heterocycles. The number of nitriles is 1. The molecule has 0 unspecified atom stereocenters. The number of ether oxygens (including phenoxy) is 1. The Balaban J connectivity index is 1.73. The fourth-order valence-corrected chi connectivity index (χ4v) is 3.30. The van der Waals surface area contributed by atoms with Crippen molar-refractivity contribution in [3.8, 4) is 28.3 Å². The number of aryl methyl sites for hydroxylation is 1. The van der Waals surface area contributed by atoms with E-state index in [1.807, 2.05) is 19.2 Å². The number of nitrogens with zero attached hydrogens (tertiary/aromatic N) is 5. The minimum absolute atomic E-state index is 0.344. The Labute approximate surface area is 148 Å². The van der Waals surface area contributed by atoms with Gasteiger partial charge in [0.2, 0.25) is 5.88 Å². The molecule has 0 saturated heterocycles. The van der Waals surface area contributed by atoms with E-state index in [1.54, 1.807) is 16.8 Å². The molecule has 0 radical (unpaired) electrons. The van der Waals surface area contributed by atoms with E-state index in [1.165, 1.54) is 24.2 Å². The van der Waals surface area contributed by atoms with E-state index >= 15 is 0 Å². The molecular weight excluding hydrogens is 336 g/mol. The zero-order valence-corrected chi connectivity index (χ0v) is 14.5. The van der Waals surface area contributed by atoms with Gasteiger partial charge in [-0.2, -0.15) is 10.4 Å². The number of nitrogens with two attached hydrogens (primary N) is 1. The smallest absolute Gasteiger partial charge is 0.217 e. The summed E-state index contributed by atoms with van der Waals surface area (Å²) in [7, 11) is 1.85. The molecule has 2 N–H and O–H groups in total. The molecule has 0 atom stereocenters. The van der Waals surface area contributed by atoms with Crippen molar-refractivity contribution < 1.29 is 4.74 Å². The van der Waals surface area contributed by atoms with Crippen LogP contribution in [0.25, 0.3) is 10.6 Å². The number of aromatic nitrogens is 4. The first-order valence-electron chi connectivity index (χ1n) is 7.96. The van der Waals surface area contributed by atoms with Crippen molar-refractivity contribution in [1.29, 1.82) is 5.26 Å². The van der Waals surface area contributed by atoms with Crippen LogP contribution in [0.3, 0.4) is 0 Å². The van der Waals surface area contributed by atoms with Gasteiger partial charge in [0, 0.05) is 25.6 Å². The summed E-state index contributed by atoms with van der Waals surface area (Å²) >= 11 is 1.42. The first kappa shape index (κ1) is 15.7. The Hall–Kier alpha value is -2.76. The lowest BCUT2D eigenvalue weighted by Crippen LogP contribution is -1.97. The van der Waals surface area contributed by atoms with Gasteiger partial charge in [-0.3, -0.25) is 0 Å². The highest BCUT2D eigenvalue weighted by Gasteiger charge is 2.27. The molecule has 2 aromatic heterocycles. The zero-order chi connectivity index (χ0) is 17.4. The molecule has 0 spiro atoms. The van der Waals surface area contributed by atoms with Gasteiger partial charge in [0.05, 0.1) is 22.9 Å². The summed E-state index contributed by atoms with van der Waals surface area (Å²) in [4.78, 5) is 0. The topological polar surface area (TPSA) is 103 Å². The van der Waals surface area contributed by atoms with Crippen LogP contribution >= 0.6 is 11.3 Å². The first-order chi connectivity index (χ1) is 12.2. The molecule has 1 aliphatic rings. The van der Waals surface area contributed by atoms with E-state index in [2.05, 4.69) is 21.4 Å². The van der Waals surface area contributed by atoms with Crippen LogP contribution in [0.5, 0.6) is 11.6 Å². The summed E-state index contributed by atoms with van der Waals surface area (Å²) in [6.45, 7) is 0.344. The van der Waals surface area contributed by atoms with Crippen LogP contribution in [0.15, 0.2) is 24.3 Å². The molecule has 1 aromatic carbocycles. The predicted molar refractivity (Wildman–Crippen MR) is 93.2 cm³/mol. The summed E-state index contributed by atoms with van der Waals surface area (Å²) in [6, 6.07) is 9.38. The van der Waals surface area contributed by atoms with Crippen molar-refractivity contribution in [2.24, 2.45) is 12.8 Å². The average Bonchev–Trinajstić information content (AvgIpc) is 3.26. The second kappa shape index (κ2) is 6.27. The fraction of sp³-hybridized carbons (Fsp3) is 0.294. The van der Waals surface area contributed by atoms with E-state index < -0.39 is 0 Å². The van der Waals surface area contributed by atoms with Crippen molar-refractivity contribution in [3.05, 3.63) is 40.5 Å². The van der Waals surface area contributed by atoms with Gasteiger partial charge in [0.15, 0.2) is 5.01 Å². The van der Waals surface area contributed by atoms with Crippen molar-refractivity contribution in [2.75, 3.05) is 0 Å². The normalized spacial score (nSPS) is 13.6. The van der Waals surface area contributed by atoms with E-state index in [9.17, 15) is 5.26 Å². The van der Waals surface area contributed by atoms with Gasteiger partial charge in [-0.25, -0.2) is 4.68 Å². The second-order valence-corrected chi connectivity index (χ2v) is 7.00. The van der Waals surface area contributed by atoms with Gasteiger partial charge in [-0.05, 0) is 31.0 Å². The van der Waals surface area contributed by atoms with E-state index in [0.29, 0.717) is 34.7 Å². The van der Waals surface area contributed by atoms with E-state index in [4.69, 9.17) is 10.5 Å². The third kappa shape index (κ3) is 3.12. The standard InChI is InChI=1S/C17H16N6OS/c1-23-16(7-13(22-23)11-3-4-11)24-14-6-10(8-18)2-5-12(14)17-21-20-15(9-19)25-17/h2,5-7,11H,3-4,9,19H2,1H3. The largest absolute Gasteiger partial charge is 0.439 e. The third-order valence-corrected chi connectivity index (χ3v) is 5.03. The molecule has 0 bridgehead atoms. The summed E-state index contributed by atoms with van der Waals surface area (Å²) < 4.78 is 7.82. The molecule has 126 valence electrons. The Kier molecular flexibility index (Phi) is 3.95. The van der Waals surface area contributed by atoms with Crippen LogP contribution < -0.4 is 10.5 Å². The third-order valence-electron chi connectivity index (χ3n) is 4.05. The number of hydrogen-bond acceptors (Lipinski definition) is 7. The van der Waals surface area contributed by atoms with Crippen LogP contribution in [0.4, 0.5) is 0 Å². The first-order valence-corrected chi connectivity index (χ1v) is 8.78. The lowest BCUT2D eigenvalue weighted by atomic mass is 10.1. The van der Waals surface area contributed by atoms with Crippen molar-refractivity contribution >= 4 is 11.3 Å². The SMILES string of the molecule is Cn1nc(C2CC2)cc1Oc1cc(C#N)ccc1-c1nnc(CN)s1. The van der Waals surface area contributed by atoms with Gasteiger partial charge >= 0.3 is 0 Å². The molecule has 7 nitrogen and oxygen atoms in total. The highest BCUT2D eigenvalue weighted by atomic mass is 32.1. The summed E-state index contributed by atoms with van der Waals surface area (Å²) in [6.07, 6.45) is 2.36. The highest BCUT2D eigenvalue weighted by Crippen LogP contribution is 2.41. The van der Waals surface area contributed by atoms with Crippen molar-refractivity contribution in [3.63, 3.8) is 0 Å². The molecule has 1 aliphatic carbocycles. The maximum Gasteiger partial charge on any atom is 0.217 e. The Morgan fingerprint density at radius 1 is 1.36 bits per heavy atom. The van der Waals surface area contributed by atoms with Crippen LogP contribution in [-0.4, -0.2) is 20.0 Å². The molecule has 0 amide bonds. The fourth-order valence-electron chi connectivity index (χ4n) is 2.56. The van der Waals surface area contributed by atoms with Crippen LogP contribution in [0, 0.1) is 11.3 Å². The molecule has 1 fully saturated rings. The molecular formula is C17H16N6OS. The minimum Gasteiger partial charge on any atom is -0.439 e. The molecule has 0 aliphatic heterocycles. The maximum absolute atomic E-state index is 9.21. The van der Waals surface area contributed by atoms with Crippen molar-refractivity contribution in [2.45, 2.75) is 25.3 Å². The van der Waals surface area contributed by atoms with Crippen molar-refractivity contribution in [1.82, 2.24) is 20.0 Å². The number of benzene rings is 1. The van der Waals surface area contributed by atoms with Crippen LogP contribution in [-0.2, 0) is 13.6 Å². The average molecular weight is 352 g/mol. The number of hydrogen-bond donors (Lipinski definition) is 1. The lowest BCUT2D eigenvalue weighted by molar-refractivity contribution is 0.432. The highest BCUT2D eigenvalue weighted by molar-refractivity contribution is 7.14. The van der Waals surface area contributed by atoms with Crippen LogP contribution in [0.1, 0.15) is 35.0 Å². The van der Waals surface area contributed by atoms with E-state index in [0.717, 1.165) is 16.3 Å². The van der Waals surface area contributed by atoms with E-state index in [-0.39, 0.29) is 0 Å². The Morgan fingerprint density at radius 2 is 2.20 bits per heavy atom. The second-order valence-electron chi connectivity index (χ2n) is 5.94. The van der Waals surface area contributed by atoms with Crippen LogP contribution in [0.2, 0.25) is 0 Å². The number of rotatable bonds is 5. The molecule has 4 rings (SSSR count). The van der Waals surface area contributed by atoms with Gasteiger partial charge in [-0.1, -0.05) is 11.3 Å². The van der Waals surface area contributed by atoms with Gasteiger partial charge in [0.1, 0.15) is 10.8 Å². The van der Waals surface area contributed by atoms with Gasteiger partial charge < -0.3 is 10.5 Å². The molecule has 1 saturated carbocycles. The lowest BCUT2D eigenvalue weighted by Gasteiger charge is -2.09.